The molecule has 0 atom stereocenters. The highest BCUT2D eigenvalue weighted by Gasteiger charge is 2.17. The Hall–Kier alpha value is -1.78. The molecule has 0 aliphatic rings. The molecule has 0 fully saturated rings. The smallest absolute Gasteiger partial charge is 0.339 e. The molecule has 4 nitrogen and oxygen atoms in total. The van der Waals surface area contributed by atoms with Gasteiger partial charge in [0.05, 0.1) is 18.4 Å². The highest BCUT2D eigenvalue weighted by molar-refractivity contribution is 6.39. The van der Waals surface area contributed by atoms with Crippen LogP contribution < -0.4 is 5.32 Å². The van der Waals surface area contributed by atoms with Crippen molar-refractivity contribution in [2.24, 2.45) is 0 Å². The standard InChI is InChI=1S/C14H11Cl2NO3/c1-7(18)17-13-10(14(19)20-2)4-3-9-11(13)5-8(15)6-12(9)16/h3-6H,1-2H3,(H,17,18). The summed E-state index contributed by atoms with van der Waals surface area (Å²) in [6, 6.07) is 6.48. The minimum atomic E-state index is -0.549. The first-order chi connectivity index (χ1) is 9.43. The van der Waals surface area contributed by atoms with E-state index in [1.54, 1.807) is 24.3 Å². The third-order valence-corrected chi connectivity index (χ3v) is 3.29. The molecule has 0 saturated heterocycles. The molecule has 0 bridgehead atoms. The zero-order valence-electron chi connectivity index (χ0n) is 10.8. The first kappa shape index (κ1) is 14.6. The van der Waals surface area contributed by atoms with Crippen LogP contribution in [0.15, 0.2) is 24.3 Å². The Kier molecular flexibility index (Phi) is 4.16. The summed E-state index contributed by atoms with van der Waals surface area (Å²) in [6.07, 6.45) is 0. The zero-order chi connectivity index (χ0) is 14.9. The Morgan fingerprint density at radius 3 is 2.45 bits per heavy atom. The number of hydrogen-bond acceptors (Lipinski definition) is 3. The minimum absolute atomic E-state index is 0.244. The van der Waals surface area contributed by atoms with E-state index in [0.717, 1.165) is 0 Å². The fourth-order valence-electron chi connectivity index (χ4n) is 1.95. The number of fused-ring (bicyclic) bond motifs is 1. The van der Waals surface area contributed by atoms with Crippen LogP contribution in [0.1, 0.15) is 17.3 Å². The van der Waals surface area contributed by atoms with Crippen LogP contribution in [0.4, 0.5) is 5.69 Å². The van der Waals surface area contributed by atoms with Crippen LogP contribution in [0.3, 0.4) is 0 Å². The third-order valence-electron chi connectivity index (χ3n) is 2.76. The molecule has 0 radical (unpaired) electrons. The number of hydrogen-bond donors (Lipinski definition) is 1. The number of rotatable bonds is 2. The second-order valence-electron chi connectivity index (χ2n) is 4.14. The van der Waals surface area contributed by atoms with Gasteiger partial charge in [-0.25, -0.2) is 4.79 Å². The molecule has 1 N–H and O–H groups in total. The molecule has 2 aromatic rings. The molecule has 0 saturated carbocycles. The van der Waals surface area contributed by atoms with Crippen LogP contribution in [0, 0.1) is 0 Å². The van der Waals surface area contributed by atoms with Crippen molar-refractivity contribution in [1.29, 1.82) is 0 Å². The summed E-state index contributed by atoms with van der Waals surface area (Å²) < 4.78 is 4.71. The average molecular weight is 312 g/mol. The van der Waals surface area contributed by atoms with Crippen molar-refractivity contribution in [3.8, 4) is 0 Å². The van der Waals surface area contributed by atoms with E-state index >= 15 is 0 Å². The third kappa shape index (κ3) is 2.71. The van der Waals surface area contributed by atoms with Crippen molar-refractivity contribution in [3.05, 3.63) is 39.9 Å². The SMILES string of the molecule is COC(=O)c1ccc2c(Cl)cc(Cl)cc2c1NC(C)=O. The molecule has 104 valence electrons. The maximum Gasteiger partial charge on any atom is 0.339 e. The lowest BCUT2D eigenvalue weighted by Crippen LogP contribution is -2.12. The highest BCUT2D eigenvalue weighted by Crippen LogP contribution is 2.35. The monoisotopic (exact) mass is 311 g/mol. The average Bonchev–Trinajstić information content (AvgIpc) is 2.38. The number of ether oxygens (including phenoxy) is 1. The van der Waals surface area contributed by atoms with Gasteiger partial charge in [-0.05, 0) is 18.2 Å². The predicted molar refractivity (Wildman–Crippen MR) is 79.6 cm³/mol. The largest absolute Gasteiger partial charge is 0.465 e. The van der Waals surface area contributed by atoms with Gasteiger partial charge < -0.3 is 10.1 Å². The summed E-state index contributed by atoms with van der Waals surface area (Å²) in [5.41, 5.74) is 0.583. The van der Waals surface area contributed by atoms with Crippen molar-refractivity contribution in [2.45, 2.75) is 6.92 Å². The van der Waals surface area contributed by atoms with E-state index < -0.39 is 5.97 Å². The van der Waals surface area contributed by atoms with E-state index in [1.807, 2.05) is 0 Å². The Balaban J connectivity index is 2.82. The number of halogens is 2. The Labute approximate surface area is 125 Å². The van der Waals surface area contributed by atoms with Gasteiger partial charge in [0.15, 0.2) is 0 Å². The van der Waals surface area contributed by atoms with Crippen molar-refractivity contribution in [3.63, 3.8) is 0 Å². The van der Waals surface area contributed by atoms with Crippen molar-refractivity contribution >= 4 is 51.5 Å². The first-order valence-corrected chi connectivity index (χ1v) is 6.47. The van der Waals surface area contributed by atoms with Gasteiger partial charge in [0.25, 0.3) is 0 Å². The Morgan fingerprint density at radius 2 is 1.85 bits per heavy atom. The number of amides is 1. The second kappa shape index (κ2) is 5.69. The Morgan fingerprint density at radius 1 is 1.15 bits per heavy atom. The van der Waals surface area contributed by atoms with E-state index in [9.17, 15) is 9.59 Å². The van der Waals surface area contributed by atoms with E-state index in [2.05, 4.69) is 5.32 Å². The van der Waals surface area contributed by atoms with E-state index in [-0.39, 0.29) is 11.5 Å². The lowest BCUT2D eigenvalue weighted by Gasteiger charge is -2.13. The summed E-state index contributed by atoms with van der Waals surface area (Å²) in [4.78, 5) is 23.2. The van der Waals surface area contributed by atoms with Crippen LogP contribution in [0.5, 0.6) is 0 Å². The van der Waals surface area contributed by atoms with Gasteiger partial charge in [0, 0.05) is 27.7 Å². The van der Waals surface area contributed by atoms with Gasteiger partial charge in [-0.3, -0.25) is 4.79 Å². The van der Waals surface area contributed by atoms with Crippen molar-refractivity contribution in [2.75, 3.05) is 12.4 Å². The topological polar surface area (TPSA) is 55.4 Å². The second-order valence-corrected chi connectivity index (χ2v) is 4.99. The number of carbonyl (C=O) groups excluding carboxylic acids is 2. The van der Waals surface area contributed by atoms with Crippen LogP contribution in [-0.2, 0) is 9.53 Å². The van der Waals surface area contributed by atoms with Gasteiger partial charge >= 0.3 is 5.97 Å². The zero-order valence-corrected chi connectivity index (χ0v) is 12.3. The molecule has 0 aliphatic carbocycles. The van der Waals surface area contributed by atoms with Gasteiger partial charge in [-0.1, -0.05) is 29.3 Å². The molecule has 0 aromatic heterocycles. The molecule has 0 heterocycles. The molecule has 20 heavy (non-hydrogen) atoms. The molecule has 0 unspecified atom stereocenters. The fourth-order valence-corrected chi connectivity index (χ4v) is 2.50. The van der Waals surface area contributed by atoms with Crippen molar-refractivity contribution in [1.82, 2.24) is 0 Å². The maximum absolute atomic E-state index is 11.8. The lowest BCUT2D eigenvalue weighted by atomic mass is 10.0. The molecule has 6 heteroatoms. The van der Waals surface area contributed by atoms with Gasteiger partial charge in [0.2, 0.25) is 5.91 Å². The van der Waals surface area contributed by atoms with E-state index in [0.29, 0.717) is 26.5 Å². The molecule has 2 rings (SSSR count). The predicted octanol–water partition coefficient (Wildman–Crippen LogP) is 3.89. The number of anilines is 1. The first-order valence-electron chi connectivity index (χ1n) is 5.71. The molecular weight excluding hydrogens is 301 g/mol. The lowest BCUT2D eigenvalue weighted by molar-refractivity contribution is -0.114. The fraction of sp³-hybridized carbons (Fsp3) is 0.143. The number of nitrogens with one attached hydrogen (secondary N) is 1. The van der Waals surface area contributed by atoms with Crippen LogP contribution in [0.25, 0.3) is 10.8 Å². The van der Waals surface area contributed by atoms with Crippen LogP contribution >= 0.6 is 23.2 Å². The number of methoxy groups -OCH3 is 1. The van der Waals surface area contributed by atoms with Gasteiger partial charge in [-0.15, -0.1) is 0 Å². The number of carbonyl (C=O) groups is 2. The quantitative estimate of drug-likeness (QED) is 0.856. The van der Waals surface area contributed by atoms with Crippen molar-refractivity contribution < 1.29 is 14.3 Å². The summed E-state index contributed by atoms with van der Waals surface area (Å²) in [7, 11) is 1.27. The van der Waals surface area contributed by atoms with Crippen LogP contribution in [-0.4, -0.2) is 19.0 Å². The molecular formula is C14H11Cl2NO3. The van der Waals surface area contributed by atoms with E-state index in [1.165, 1.54) is 14.0 Å². The normalized spacial score (nSPS) is 10.4. The summed E-state index contributed by atoms with van der Waals surface area (Å²) in [5, 5.41) is 4.75. The number of benzene rings is 2. The Bertz CT molecular complexity index is 713. The maximum atomic E-state index is 11.8. The molecule has 1 amide bonds. The summed E-state index contributed by atoms with van der Waals surface area (Å²) in [6.45, 7) is 1.35. The molecule has 0 spiro atoms. The minimum Gasteiger partial charge on any atom is -0.465 e. The summed E-state index contributed by atoms with van der Waals surface area (Å²) in [5.74, 6) is -0.856. The molecule has 2 aromatic carbocycles. The van der Waals surface area contributed by atoms with Gasteiger partial charge in [0.1, 0.15) is 0 Å². The van der Waals surface area contributed by atoms with Crippen LogP contribution in [0.2, 0.25) is 10.0 Å². The van der Waals surface area contributed by atoms with Gasteiger partial charge in [-0.2, -0.15) is 0 Å². The molecule has 0 aliphatic heterocycles. The van der Waals surface area contributed by atoms with E-state index in [4.69, 9.17) is 27.9 Å². The highest BCUT2D eigenvalue weighted by atomic mass is 35.5. The number of esters is 1. The summed E-state index contributed by atoms with van der Waals surface area (Å²) >= 11 is 12.1.